The first-order chi connectivity index (χ1) is 8.65. The summed E-state index contributed by atoms with van der Waals surface area (Å²) in [6.45, 7) is 4.01. The summed E-state index contributed by atoms with van der Waals surface area (Å²) in [7, 11) is 0. The highest BCUT2D eigenvalue weighted by molar-refractivity contribution is 5.94. The molecule has 0 fully saturated rings. The Balaban J connectivity index is 2.15. The van der Waals surface area contributed by atoms with Crippen molar-refractivity contribution >= 4 is 10.9 Å². The molecule has 1 aromatic carbocycles. The molecule has 0 aliphatic carbocycles. The minimum atomic E-state index is -0.0781. The maximum Gasteiger partial charge on any atom is 0.123 e. The molecule has 1 unspecified atom stereocenters. The summed E-state index contributed by atoms with van der Waals surface area (Å²) in [6, 6.07) is 6.29. The predicted octanol–water partition coefficient (Wildman–Crippen LogP) is 2.89. The van der Waals surface area contributed by atoms with E-state index in [0.717, 1.165) is 22.6 Å². The monoisotopic (exact) mass is 240 g/mol. The highest BCUT2D eigenvalue weighted by Crippen LogP contribution is 2.28. The Bertz CT molecular complexity index is 691. The van der Waals surface area contributed by atoms with Crippen LogP contribution in [-0.2, 0) is 0 Å². The lowest BCUT2D eigenvalue weighted by molar-refractivity contribution is 0.756. The zero-order valence-corrected chi connectivity index (χ0v) is 10.5. The molecule has 4 N–H and O–H groups in total. The van der Waals surface area contributed by atoms with E-state index in [1.807, 2.05) is 19.3 Å². The Kier molecular flexibility index (Phi) is 2.45. The quantitative estimate of drug-likeness (QED) is 0.644. The Hall–Kier alpha value is -2.07. The van der Waals surface area contributed by atoms with Gasteiger partial charge in [0.1, 0.15) is 5.82 Å². The van der Waals surface area contributed by atoms with Gasteiger partial charge in [-0.3, -0.25) is 0 Å². The number of hydrogen-bond donors (Lipinski definition) is 3. The van der Waals surface area contributed by atoms with Crippen molar-refractivity contribution in [3.8, 4) is 11.3 Å². The first kappa shape index (κ1) is 11.0. The number of fused-ring (bicyclic) bond motifs is 1. The normalized spacial score (nSPS) is 13.1. The van der Waals surface area contributed by atoms with Gasteiger partial charge >= 0.3 is 0 Å². The molecule has 2 aromatic heterocycles. The van der Waals surface area contributed by atoms with Gasteiger partial charge in [-0.25, -0.2) is 4.98 Å². The highest BCUT2D eigenvalue weighted by atomic mass is 15.0. The third-order valence-electron chi connectivity index (χ3n) is 3.15. The number of imidazole rings is 1. The van der Waals surface area contributed by atoms with Gasteiger partial charge in [-0.2, -0.15) is 0 Å². The molecular weight excluding hydrogens is 224 g/mol. The van der Waals surface area contributed by atoms with E-state index in [9.17, 15) is 0 Å². The van der Waals surface area contributed by atoms with Gasteiger partial charge < -0.3 is 15.7 Å². The number of H-pyrrole nitrogens is 2. The van der Waals surface area contributed by atoms with E-state index in [2.05, 4.69) is 40.1 Å². The van der Waals surface area contributed by atoms with E-state index in [-0.39, 0.29) is 6.04 Å². The minimum absolute atomic E-state index is 0.0781. The number of nitrogens with one attached hydrogen (secondary N) is 2. The van der Waals surface area contributed by atoms with E-state index in [4.69, 9.17) is 5.73 Å². The van der Waals surface area contributed by atoms with E-state index < -0.39 is 0 Å². The van der Waals surface area contributed by atoms with Crippen LogP contribution in [0.15, 0.2) is 30.6 Å². The molecule has 0 aliphatic rings. The molecule has 18 heavy (non-hydrogen) atoms. The summed E-state index contributed by atoms with van der Waals surface area (Å²) in [6.07, 6.45) is 3.84. The van der Waals surface area contributed by atoms with Gasteiger partial charge in [0.2, 0.25) is 0 Å². The first-order valence-corrected chi connectivity index (χ1v) is 6.04. The second-order valence-corrected chi connectivity index (χ2v) is 4.72. The van der Waals surface area contributed by atoms with Gasteiger partial charge in [-0.1, -0.05) is 11.6 Å². The number of rotatable bonds is 2. The SMILES string of the molecule is Cc1ccc2[nH]cc(-c3cnc(C(C)N)[nH]3)c2c1. The highest BCUT2D eigenvalue weighted by Gasteiger charge is 2.10. The second-order valence-electron chi connectivity index (χ2n) is 4.72. The van der Waals surface area contributed by atoms with Crippen molar-refractivity contribution < 1.29 is 0 Å². The number of hydrogen-bond acceptors (Lipinski definition) is 2. The van der Waals surface area contributed by atoms with Gasteiger partial charge in [0.15, 0.2) is 0 Å². The van der Waals surface area contributed by atoms with Crippen molar-refractivity contribution in [1.29, 1.82) is 0 Å². The minimum Gasteiger partial charge on any atom is -0.360 e. The zero-order valence-electron chi connectivity index (χ0n) is 10.5. The Morgan fingerprint density at radius 2 is 2.17 bits per heavy atom. The molecule has 0 amide bonds. The predicted molar refractivity (Wildman–Crippen MR) is 73.2 cm³/mol. The van der Waals surface area contributed by atoms with Crippen LogP contribution in [0.4, 0.5) is 0 Å². The largest absolute Gasteiger partial charge is 0.360 e. The first-order valence-electron chi connectivity index (χ1n) is 6.04. The van der Waals surface area contributed by atoms with Gasteiger partial charge in [0, 0.05) is 22.7 Å². The summed E-state index contributed by atoms with van der Waals surface area (Å²) in [5.74, 6) is 0.812. The molecule has 0 bridgehead atoms. The number of nitrogens with two attached hydrogens (primary N) is 1. The lowest BCUT2D eigenvalue weighted by Crippen LogP contribution is -2.06. The third-order valence-corrected chi connectivity index (χ3v) is 3.15. The smallest absolute Gasteiger partial charge is 0.123 e. The van der Waals surface area contributed by atoms with Gasteiger partial charge in [-0.15, -0.1) is 0 Å². The van der Waals surface area contributed by atoms with Crippen molar-refractivity contribution in [1.82, 2.24) is 15.0 Å². The lowest BCUT2D eigenvalue weighted by atomic mass is 10.1. The molecule has 3 rings (SSSR count). The van der Waals surface area contributed by atoms with Crippen molar-refractivity contribution in [2.45, 2.75) is 19.9 Å². The number of nitrogens with zero attached hydrogens (tertiary/aromatic N) is 1. The Morgan fingerprint density at radius 3 is 2.89 bits per heavy atom. The van der Waals surface area contributed by atoms with Crippen molar-refractivity contribution in [2.24, 2.45) is 5.73 Å². The second kappa shape index (κ2) is 3.99. The maximum absolute atomic E-state index is 5.82. The van der Waals surface area contributed by atoms with Gasteiger partial charge in [0.05, 0.1) is 17.9 Å². The molecule has 1 atom stereocenters. The maximum atomic E-state index is 5.82. The molecular formula is C14H16N4. The number of benzene rings is 1. The van der Waals surface area contributed by atoms with Gasteiger partial charge in [0.25, 0.3) is 0 Å². The molecule has 2 heterocycles. The molecule has 4 nitrogen and oxygen atoms in total. The zero-order chi connectivity index (χ0) is 12.7. The van der Waals surface area contributed by atoms with Crippen LogP contribution in [0, 0.1) is 6.92 Å². The average molecular weight is 240 g/mol. The molecule has 0 aliphatic heterocycles. The fourth-order valence-corrected chi connectivity index (χ4v) is 2.16. The molecule has 0 radical (unpaired) electrons. The van der Waals surface area contributed by atoms with Crippen LogP contribution >= 0.6 is 0 Å². The number of aryl methyl sites for hydroxylation is 1. The fraction of sp³-hybridized carbons (Fsp3) is 0.214. The molecule has 0 saturated heterocycles. The van der Waals surface area contributed by atoms with Gasteiger partial charge in [-0.05, 0) is 26.0 Å². The summed E-state index contributed by atoms with van der Waals surface area (Å²) in [5, 5.41) is 1.20. The number of aromatic nitrogens is 3. The fourth-order valence-electron chi connectivity index (χ4n) is 2.16. The average Bonchev–Trinajstić information content (AvgIpc) is 2.93. The van der Waals surface area contributed by atoms with E-state index in [1.165, 1.54) is 10.9 Å². The van der Waals surface area contributed by atoms with Crippen LogP contribution in [0.3, 0.4) is 0 Å². The van der Waals surface area contributed by atoms with E-state index >= 15 is 0 Å². The standard InChI is InChI=1S/C14H16N4/c1-8-3-4-12-10(5-8)11(6-16-12)13-7-17-14(18-13)9(2)15/h3-7,9,16H,15H2,1-2H3,(H,17,18). The molecule has 92 valence electrons. The van der Waals surface area contributed by atoms with Crippen LogP contribution in [-0.4, -0.2) is 15.0 Å². The van der Waals surface area contributed by atoms with E-state index in [1.54, 1.807) is 0 Å². The summed E-state index contributed by atoms with van der Waals surface area (Å²) in [5.41, 5.74) is 10.3. The van der Waals surface area contributed by atoms with Crippen LogP contribution < -0.4 is 5.73 Å². The molecule has 0 saturated carbocycles. The molecule has 3 aromatic rings. The lowest BCUT2D eigenvalue weighted by Gasteiger charge is -1.99. The Labute approximate surface area is 105 Å². The summed E-state index contributed by atoms with van der Waals surface area (Å²) < 4.78 is 0. The van der Waals surface area contributed by atoms with Crippen LogP contribution in [0.1, 0.15) is 24.4 Å². The van der Waals surface area contributed by atoms with Crippen LogP contribution in [0.25, 0.3) is 22.2 Å². The molecule has 0 spiro atoms. The third kappa shape index (κ3) is 1.71. The Morgan fingerprint density at radius 1 is 1.33 bits per heavy atom. The number of aromatic amines is 2. The summed E-state index contributed by atoms with van der Waals surface area (Å²) >= 11 is 0. The van der Waals surface area contributed by atoms with Crippen molar-refractivity contribution in [3.05, 3.63) is 42.0 Å². The van der Waals surface area contributed by atoms with Crippen molar-refractivity contribution in [2.75, 3.05) is 0 Å². The summed E-state index contributed by atoms with van der Waals surface area (Å²) in [4.78, 5) is 10.9. The van der Waals surface area contributed by atoms with Crippen molar-refractivity contribution in [3.63, 3.8) is 0 Å². The molecule has 4 heteroatoms. The van der Waals surface area contributed by atoms with Crippen LogP contribution in [0.2, 0.25) is 0 Å². The van der Waals surface area contributed by atoms with Crippen LogP contribution in [0.5, 0.6) is 0 Å². The van der Waals surface area contributed by atoms with E-state index in [0.29, 0.717) is 0 Å². The topological polar surface area (TPSA) is 70.5 Å².